The highest BCUT2D eigenvalue weighted by Crippen LogP contribution is 2.27. The van der Waals surface area contributed by atoms with Crippen LogP contribution in [0.4, 0.5) is 0 Å². The first-order valence-electron chi connectivity index (χ1n) is 10.7. The van der Waals surface area contributed by atoms with Gasteiger partial charge >= 0.3 is 0 Å². The molecule has 1 unspecified atom stereocenters. The summed E-state index contributed by atoms with van der Waals surface area (Å²) in [5.74, 6) is 2.46. The Labute approximate surface area is 179 Å². The van der Waals surface area contributed by atoms with E-state index in [2.05, 4.69) is 45.6 Å². The first kappa shape index (κ1) is 21.9. The summed E-state index contributed by atoms with van der Waals surface area (Å²) in [5.41, 5.74) is 1.25. The average molecular weight is 412 g/mol. The van der Waals surface area contributed by atoms with Gasteiger partial charge in [0.05, 0.1) is 32.4 Å². The van der Waals surface area contributed by atoms with E-state index >= 15 is 0 Å². The molecule has 0 amide bonds. The molecular formula is C23H33N5O2. The summed E-state index contributed by atoms with van der Waals surface area (Å²) in [5, 5.41) is 6.69. The maximum atomic E-state index is 5.71. The lowest BCUT2D eigenvalue weighted by Crippen LogP contribution is -2.40. The van der Waals surface area contributed by atoms with E-state index in [1.165, 1.54) is 18.4 Å². The summed E-state index contributed by atoms with van der Waals surface area (Å²) >= 11 is 0. The van der Waals surface area contributed by atoms with Crippen molar-refractivity contribution in [2.45, 2.75) is 25.8 Å². The summed E-state index contributed by atoms with van der Waals surface area (Å²) < 4.78 is 11.1. The summed E-state index contributed by atoms with van der Waals surface area (Å²) in [4.78, 5) is 11.5. The first-order chi connectivity index (χ1) is 14.8. The lowest BCUT2D eigenvalue weighted by atomic mass is 10.1. The predicted molar refractivity (Wildman–Crippen MR) is 120 cm³/mol. The molecular weight excluding hydrogens is 378 g/mol. The van der Waals surface area contributed by atoms with Crippen molar-refractivity contribution in [3.8, 4) is 11.5 Å². The number of benzene rings is 1. The van der Waals surface area contributed by atoms with Crippen LogP contribution in [0.15, 0.2) is 53.8 Å². The minimum absolute atomic E-state index is 0.240. The monoisotopic (exact) mass is 411 g/mol. The number of aromatic nitrogens is 1. The number of rotatable bonds is 10. The van der Waals surface area contributed by atoms with E-state index in [1.54, 1.807) is 19.5 Å². The molecule has 3 rings (SSSR count). The molecule has 0 bridgehead atoms. The Kier molecular flexibility index (Phi) is 8.78. The highest BCUT2D eigenvalue weighted by Gasteiger charge is 2.23. The summed E-state index contributed by atoms with van der Waals surface area (Å²) in [6, 6.07) is 12.3. The van der Waals surface area contributed by atoms with Crippen LogP contribution in [0.5, 0.6) is 11.5 Å². The van der Waals surface area contributed by atoms with E-state index in [1.807, 2.05) is 18.2 Å². The fourth-order valence-electron chi connectivity index (χ4n) is 3.62. The molecule has 162 valence electrons. The van der Waals surface area contributed by atoms with Crippen molar-refractivity contribution >= 4 is 5.96 Å². The van der Waals surface area contributed by atoms with E-state index in [0.29, 0.717) is 19.7 Å². The van der Waals surface area contributed by atoms with Crippen molar-refractivity contribution in [2.75, 3.05) is 46.4 Å². The maximum absolute atomic E-state index is 5.71. The van der Waals surface area contributed by atoms with Crippen molar-refractivity contribution in [3.63, 3.8) is 0 Å². The third-order valence-electron chi connectivity index (χ3n) is 5.12. The smallest absolute Gasteiger partial charge is 0.191 e. The number of aliphatic imine (C=N–C) groups is 1. The van der Waals surface area contributed by atoms with Gasteiger partial charge in [0.15, 0.2) is 5.96 Å². The van der Waals surface area contributed by atoms with Gasteiger partial charge in [0.1, 0.15) is 18.1 Å². The Morgan fingerprint density at radius 2 is 2.00 bits per heavy atom. The highest BCUT2D eigenvalue weighted by atomic mass is 16.5. The summed E-state index contributed by atoms with van der Waals surface area (Å²) in [6.07, 6.45) is 5.94. The minimum atomic E-state index is 0.240. The number of nitrogens with zero attached hydrogens (tertiary/aromatic N) is 3. The van der Waals surface area contributed by atoms with Crippen molar-refractivity contribution in [1.82, 2.24) is 20.5 Å². The Morgan fingerprint density at radius 3 is 2.73 bits per heavy atom. The van der Waals surface area contributed by atoms with Crippen LogP contribution < -0.4 is 20.1 Å². The van der Waals surface area contributed by atoms with Crippen LogP contribution >= 0.6 is 0 Å². The van der Waals surface area contributed by atoms with Crippen LogP contribution in [-0.2, 0) is 0 Å². The second-order valence-electron chi connectivity index (χ2n) is 7.22. The van der Waals surface area contributed by atoms with E-state index in [9.17, 15) is 0 Å². The van der Waals surface area contributed by atoms with Gasteiger partial charge in [-0.15, -0.1) is 0 Å². The van der Waals surface area contributed by atoms with Gasteiger partial charge < -0.3 is 20.1 Å². The number of ether oxygens (including phenoxy) is 2. The lowest BCUT2D eigenvalue weighted by molar-refractivity contribution is 0.251. The van der Waals surface area contributed by atoms with Gasteiger partial charge in [0.25, 0.3) is 0 Å². The lowest BCUT2D eigenvalue weighted by Gasteiger charge is -2.27. The van der Waals surface area contributed by atoms with Crippen LogP contribution in [0.1, 0.15) is 31.4 Å². The quantitative estimate of drug-likeness (QED) is 0.356. The third-order valence-corrected chi connectivity index (χ3v) is 5.12. The minimum Gasteiger partial charge on any atom is -0.497 e. The molecule has 0 aliphatic carbocycles. The first-order valence-corrected chi connectivity index (χ1v) is 10.7. The fourth-order valence-corrected chi connectivity index (χ4v) is 3.62. The molecule has 0 saturated carbocycles. The van der Waals surface area contributed by atoms with Crippen LogP contribution in [0.25, 0.3) is 0 Å². The molecule has 7 nitrogen and oxygen atoms in total. The van der Waals surface area contributed by atoms with E-state index < -0.39 is 0 Å². The van der Waals surface area contributed by atoms with Gasteiger partial charge in [-0.25, -0.2) is 0 Å². The second-order valence-corrected chi connectivity index (χ2v) is 7.22. The Morgan fingerprint density at radius 1 is 1.17 bits per heavy atom. The molecule has 30 heavy (non-hydrogen) atoms. The van der Waals surface area contributed by atoms with Crippen molar-refractivity contribution in [1.29, 1.82) is 0 Å². The number of nitrogens with one attached hydrogen (secondary N) is 2. The number of hydrogen-bond donors (Lipinski definition) is 2. The predicted octanol–water partition coefficient (Wildman–Crippen LogP) is 2.86. The normalized spacial score (nSPS) is 15.6. The summed E-state index contributed by atoms with van der Waals surface area (Å²) in [6.45, 7) is 6.99. The van der Waals surface area contributed by atoms with Crippen LogP contribution in [-0.4, -0.2) is 62.3 Å². The van der Waals surface area contributed by atoms with Crippen molar-refractivity contribution < 1.29 is 9.47 Å². The molecule has 2 heterocycles. The molecule has 1 atom stereocenters. The standard InChI is InChI=1S/C23H33N5O2/c1-3-25-23(26-12-15-30-21-10-7-11-24-17-21)27-18-22(28-13-4-5-14-28)19-8-6-9-20(16-19)29-2/h6-11,16-17,22H,3-5,12-15,18H2,1-2H3,(H2,25,26,27). The molecule has 1 aliphatic rings. The summed E-state index contributed by atoms with van der Waals surface area (Å²) in [7, 11) is 1.71. The fraction of sp³-hybridized carbons (Fsp3) is 0.478. The van der Waals surface area contributed by atoms with Gasteiger partial charge in [0.2, 0.25) is 0 Å². The third kappa shape index (κ3) is 6.62. The van der Waals surface area contributed by atoms with Crippen molar-refractivity contribution in [3.05, 3.63) is 54.4 Å². The van der Waals surface area contributed by atoms with E-state index in [4.69, 9.17) is 14.5 Å². The molecule has 2 N–H and O–H groups in total. The van der Waals surface area contributed by atoms with Crippen LogP contribution in [0.2, 0.25) is 0 Å². The number of likely N-dealkylation sites (tertiary alicyclic amines) is 1. The number of guanidine groups is 1. The zero-order chi connectivity index (χ0) is 21.0. The molecule has 1 fully saturated rings. The molecule has 0 radical (unpaired) electrons. The molecule has 1 aliphatic heterocycles. The number of methoxy groups -OCH3 is 1. The van der Waals surface area contributed by atoms with Crippen molar-refractivity contribution in [2.24, 2.45) is 4.99 Å². The van der Waals surface area contributed by atoms with Crippen LogP contribution in [0, 0.1) is 0 Å². The molecule has 1 aromatic heterocycles. The van der Waals surface area contributed by atoms with E-state index in [-0.39, 0.29) is 6.04 Å². The zero-order valence-corrected chi connectivity index (χ0v) is 18.0. The molecule has 2 aromatic rings. The zero-order valence-electron chi connectivity index (χ0n) is 18.0. The number of hydrogen-bond acceptors (Lipinski definition) is 5. The molecule has 7 heteroatoms. The Bertz CT molecular complexity index is 778. The van der Waals surface area contributed by atoms with Gasteiger partial charge in [0, 0.05) is 12.7 Å². The SMILES string of the molecule is CCNC(=NCC(c1cccc(OC)c1)N1CCCC1)NCCOc1cccnc1. The Balaban J connectivity index is 1.61. The van der Waals surface area contributed by atoms with E-state index in [0.717, 1.165) is 37.1 Å². The molecule has 0 spiro atoms. The Hall–Kier alpha value is -2.80. The average Bonchev–Trinajstić information content (AvgIpc) is 3.32. The van der Waals surface area contributed by atoms with Gasteiger partial charge in [-0.3, -0.25) is 14.9 Å². The van der Waals surface area contributed by atoms with Gasteiger partial charge in [-0.05, 0) is 62.7 Å². The maximum Gasteiger partial charge on any atom is 0.191 e. The number of pyridine rings is 1. The molecule has 1 aromatic carbocycles. The van der Waals surface area contributed by atoms with Gasteiger partial charge in [-0.1, -0.05) is 12.1 Å². The van der Waals surface area contributed by atoms with Gasteiger partial charge in [-0.2, -0.15) is 0 Å². The van der Waals surface area contributed by atoms with Crippen LogP contribution in [0.3, 0.4) is 0 Å². The largest absolute Gasteiger partial charge is 0.497 e. The molecule has 1 saturated heterocycles. The highest BCUT2D eigenvalue weighted by molar-refractivity contribution is 5.79. The topological polar surface area (TPSA) is 71.0 Å². The second kappa shape index (κ2) is 12.0.